The molecule has 164 valence electrons. The Morgan fingerprint density at radius 2 is 1.53 bits per heavy atom. The minimum Gasteiger partial charge on any atom is -0.467 e. The van der Waals surface area contributed by atoms with Crippen LogP contribution in [0, 0.1) is 5.92 Å². The molecular weight excluding hydrogens is 394 g/mol. The molecule has 1 rings (SSSR count). The Labute approximate surface area is 174 Å². The summed E-state index contributed by atoms with van der Waals surface area (Å²) in [6.07, 6.45) is -0.358. The number of benzene rings is 1. The summed E-state index contributed by atoms with van der Waals surface area (Å²) in [6, 6.07) is 3.44. The van der Waals surface area contributed by atoms with E-state index in [4.69, 9.17) is 0 Å². The monoisotopic (exact) mass is 421 g/mol. The van der Waals surface area contributed by atoms with Crippen LogP contribution >= 0.6 is 0 Å². The maximum Gasteiger partial charge on any atom is 0.328 e. The molecule has 3 amide bonds. The largest absolute Gasteiger partial charge is 0.467 e. The van der Waals surface area contributed by atoms with E-state index in [-0.39, 0.29) is 23.6 Å². The number of ketones is 1. The molecule has 2 atom stereocenters. The van der Waals surface area contributed by atoms with Crippen molar-refractivity contribution in [3.05, 3.63) is 29.8 Å². The standard InChI is InChI=1S/C20H27N3O7/c1-11(2)17(19(27)30-5)23-20(28)22-14-9-7-6-8-13(14)16(25)10-15(18(26)29-4)21-12(3)24/h6-9,11,15,17H,10H2,1-5H3,(H,21,24)(H2,22,23,28)/t15-,17-/m0/s1. The van der Waals surface area contributed by atoms with Gasteiger partial charge in [0.05, 0.1) is 19.9 Å². The molecule has 0 radical (unpaired) electrons. The van der Waals surface area contributed by atoms with Gasteiger partial charge in [0, 0.05) is 18.9 Å². The summed E-state index contributed by atoms with van der Waals surface area (Å²) in [5.74, 6) is -2.58. The number of methoxy groups -OCH3 is 2. The number of Topliss-reactive ketones (excluding diaryl/α,β-unsaturated/α-hetero) is 1. The SMILES string of the molecule is COC(=O)[C@H](CC(=O)c1ccccc1NC(=O)N[C@H](C(=O)OC)C(C)C)NC(C)=O. The average molecular weight is 421 g/mol. The quantitative estimate of drug-likeness (QED) is 0.403. The van der Waals surface area contributed by atoms with Crippen LogP contribution in [0.15, 0.2) is 24.3 Å². The minimum absolute atomic E-state index is 0.131. The van der Waals surface area contributed by atoms with Crippen LogP contribution in [0.5, 0.6) is 0 Å². The van der Waals surface area contributed by atoms with Crippen molar-refractivity contribution in [2.75, 3.05) is 19.5 Å². The van der Waals surface area contributed by atoms with Gasteiger partial charge in [0.15, 0.2) is 5.78 Å². The van der Waals surface area contributed by atoms with E-state index in [1.165, 1.54) is 26.2 Å². The highest BCUT2D eigenvalue weighted by atomic mass is 16.5. The lowest BCUT2D eigenvalue weighted by Crippen LogP contribution is -2.46. The summed E-state index contributed by atoms with van der Waals surface area (Å²) < 4.78 is 9.30. The zero-order valence-electron chi connectivity index (χ0n) is 17.6. The molecule has 0 heterocycles. The van der Waals surface area contributed by atoms with Crippen LogP contribution in [-0.4, -0.2) is 56.0 Å². The second-order valence-corrected chi connectivity index (χ2v) is 6.79. The molecule has 10 nitrogen and oxygen atoms in total. The van der Waals surface area contributed by atoms with Gasteiger partial charge in [-0.25, -0.2) is 14.4 Å². The van der Waals surface area contributed by atoms with Gasteiger partial charge in [-0.3, -0.25) is 9.59 Å². The third-order valence-corrected chi connectivity index (χ3v) is 4.14. The van der Waals surface area contributed by atoms with E-state index in [9.17, 15) is 24.0 Å². The summed E-state index contributed by atoms with van der Waals surface area (Å²) in [5.41, 5.74) is 0.310. The predicted octanol–water partition coefficient (Wildman–Crippen LogP) is 1.26. The predicted molar refractivity (Wildman–Crippen MR) is 108 cm³/mol. The zero-order valence-corrected chi connectivity index (χ0v) is 17.6. The molecule has 0 unspecified atom stereocenters. The highest BCUT2D eigenvalue weighted by Crippen LogP contribution is 2.18. The van der Waals surface area contributed by atoms with Crippen LogP contribution in [-0.2, 0) is 23.9 Å². The van der Waals surface area contributed by atoms with Crippen molar-refractivity contribution in [1.82, 2.24) is 10.6 Å². The molecule has 0 saturated carbocycles. The fourth-order valence-corrected chi connectivity index (χ4v) is 2.64. The van der Waals surface area contributed by atoms with E-state index >= 15 is 0 Å². The van der Waals surface area contributed by atoms with Crippen molar-refractivity contribution in [2.24, 2.45) is 5.92 Å². The van der Waals surface area contributed by atoms with Gasteiger partial charge >= 0.3 is 18.0 Å². The third-order valence-electron chi connectivity index (χ3n) is 4.14. The molecule has 0 aliphatic heterocycles. The fraction of sp³-hybridized carbons (Fsp3) is 0.450. The molecule has 1 aromatic rings. The molecule has 30 heavy (non-hydrogen) atoms. The van der Waals surface area contributed by atoms with E-state index in [2.05, 4.69) is 25.4 Å². The first-order valence-electron chi connectivity index (χ1n) is 9.23. The summed E-state index contributed by atoms with van der Waals surface area (Å²) in [4.78, 5) is 60.1. The van der Waals surface area contributed by atoms with Crippen LogP contribution in [0.1, 0.15) is 37.6 Å². The maximum absolute atomic E-state index is 12.7. The lowest BCUT2D eigenvalue weighted by molar-refractivity contribution is -0.145. The normalized spacial score (nSPS) is 12.3. The zero-order chi connectivity index (χ0) is 22.8. The first-order chi connectivity index (χ1) is 14.1. The summed E-state index contributed by atoms with van der Waals surface area (Å²) in [7, 11) is 2.37. The number of hydrogen-bond acceptors (Lipinski definition) is 7. The molecule has 1 aromatic carbocycles. The molecule has 0 aliphatic rings. The number of para-hydroxylation sites is 1. The number of carbonyl (C=O) groups excluding carboxylic acids is 5. The van der Waals surface area contributed by atoms with Crippen molar-refractivity contribution in [2.45, 2.75) is 39.3 Å². The highest BCUT2D eigenvalue weighted by Gasteiger charge is 2.27. The van der Waals surface area contributed by atoms with E-state index < -0.39 is 41.7 Å². The molecule has 3 N–H and O–H groups in total. The number of hydrogen-bond donors (Lipinski definition) is 3. The molecule has 0 spiro atoms. The minimum atomic E-state index is -1.16. The molecule has 10 heteroatoms. The third kappa shape index (κ3) is 7.19. The second kappa shape index (κ2) is 11.5. The number of rotatable bonds is 9. The van der Waals surface area contributed by atoms with Gasteiger partial charge < -0.3 is 25.4 Å². The number of carbonyl (C=O) groups is 5. The first kappa shape index (κ1) is 24.6. The first-order valence-corrected chi connectivity index (χ1v) is 9.23. The topological polar surface area (TPSA) is 140 Å². The smallest absolute Gasteiger partial charge is 0.328 e. The number of esters is 2. The van der Waals surface area contributed by atoms with E-state index in [1.807, 2.05) is 0 Å². The van der Waals surface area contributed by atoms with Crippen LogP contribution in [0.4, 0.5) is 10.5 Å². The van der Waals surface area contributed by atoms with E-state index in [1.54, 1.807) is 26.0 Å². The molecule has 0 aliphatic carbocycles. The Bertz CT molecular complexity index is 807. The van der Waals surface area contributed by atoms with Crippen molar-refractivity contribution in [3.63, 3.8) is 0 Å². The summed E-state index contributed by atoms with van der Waals surface area (Å²) in [6.45, 7) is 4.70. The second-order valence-electron chi connectivity index (χ2n) is 6.79. The highest BCUT2D eigenvalue weighted by molar-refractivity contribution is 6.06. The maximum atomic E-state index is 12.7. The average Bonchev–Trinajstić information content (AvgIpc) is 2.70. The Morgan fingerprint density at radius 3 is 2.07 bits per heavy atom. The number of urea groups is 1. The van der Waals surface area contributed by atoms with Crippen molar-refractivity contribution < 1.29 is 33.4 Å². The van der Waals surface area contributed by atoms with Gasteiger partial charge in [0.2, 0.25) is 5.91 Å². The summed E-state index contributed by atoms with van der Waals surface area (Å²) >= 11 is 0. The molecule has 0 saturated heterocycles. The Morgan fingerprint density at radius 1 is 0.933 bits per heavy atom. The van der Waals surface area contributed by atoms with Crippen molar-refractivity contribution in [3.8, 4) is 0 Å². The Kier molecular flexibility index (Phi) is 9.47. The number of nitrogens with one attached hydrogen (secondary N) is 3. The van der Waals surface area contributed by atoms with Gasteiger partial charge in [-0.2, -0.15) is 0 Å². The van der Waals surface area contributed by atoms with Crippen LogP contribution in [0.25, 0.3) is 0 Å². The molecule has 0 fully saturated rings. The summed E-state index contributed by atoms with van der Waals surface area (Å²) in [5, 5.41) is 7.40. The van der Waals surface area contributed by atoms with Crippen molar-refractivity contribution in [1.29, 1.82) is 0 Å². The van der Waals surface area contributed by atoms with Crippen LogP contribution in [0.2, 0.25) is 0 Å². The lowest BCUT2D eigenvalue weighted by Gasteiger charge is -2.20. The molecular formula is C20H27N3O7. The van der Waals surface area contributed by atoms with Gasteiger partial charge in [0.1, 0.15) is 12.1 Å². The van der Waals surface area contributed by atoms with Gasteiger partial charge in [0.25, 0.3) is 0 Å². The molecule has 0 aromatic heterocycles. The number of anilines is 1. The fourth-order valence-electron chi connectivity index (χ4n) is 2.64. The van der Waals surface area contributed by atoms with Gasteiger partial charge in [-0.05, 0) is 18.1 Å². The molecule has 0 bridgehead atoms. The van der Waals surface area contributed by atoms with Gasteiger partial charge in [-0.1, -0.05) is 26.0 Å². The van der Waals surface area contributed by atoms with E-state index in [0.29, 0.717) is 0 Å². The lowest BCUT2D eigenvalue weighted by atomic mass is 10.0. The van der Waals surface area contributed by atoms with E-state index in [0.717, 1.165) is 7.11 Å². The van der Waals surface area contributed by atoms with Crippen molar-refractivity contribution >= 4 is 35.3 Å². The number of ether oxygens (including phenoxy) is 2. The van der Waals surface area contributed by atoms with Gasteiger partial charge in [-0.15, -0.1) is 0 Å². The van der Waals surface area contributed by atoms with Crippen LogP contribution in [0.3, 0.4) is 0 Å². The Hall–Kier alpha value is -3.43. The van der Waals surface area contributed by atoms with Crippen LogP contribution < -0.4 is 16.0 Å². The Balaban J connectivity index is 2.99. The number of amides is 3.